The zero-order valence-corrected chi connectivity index (χ0v) is 13.9. The van der Waals surface area contributed by atoms with Crippen molar-refractivity contribution in [3.63, 3.8) is 0 Å². The number of halogens is 1. The molecule has 0 amide bonds. The van der Waals surface area contributed by atoms with Crippen molar-refractivity contribution in [3.8, 4) is 0 Å². The maximum Gasteiger partial charge on any atom is 0.0513 e. The van der Waals surface area contributed by atoms with Gasteiger partial charge in [-0.3, -0.25) is 0 Å². The molecule has 110 valence electrons. The van der Waals surface area contributed by atoms with Gasteiger partial charge < -0.3 is 10.6 Å². The van der Waals surface area contributed by atoms with Gasteiger partial charge in [0.1, 0.15) is 0 Å². The summed E-state index contributed by atoms with van der Waals surface area (Å²) >= 11 is 3.77. The van der Waals surface area contributed by atoms with Crippen molar-refractivity contribution < 1.29 is 0 Å². The highest BCUT2D eigenvalue weighted by Gasteiger charge is 2.33. The van der Waals surface area contributed by atoms with Gasteiger partial charge in [-0.1, -0.05) is 18.9 Å². The molecule has 1 unspecified atom stereocenters. The lowest BCUT2D eigenvalue weighted by molar-refractivity contribution is 0.243. The summed E-state index contributed by atoms with van der Waals surface area (Å²) in [6, 6.07) is 7.52. The van der Waals surface area contributed by atoms with E-state index in [1.165, 1.54) is 60.8 Å². The third-order valence-corrected chi connectivity index (χ3v) is 5.69. The van der Waals surface area contributed by atoms with E-state index in [9.17, 15) is 0 Å². The molecule has 1 aliphatic heterocycles. The lowest BCUT2D eigenvalue weighted by Crippen LogP contribution is -2.47. The van der Waals surface area contributed by atoms with Crippen LogP contribution in [-0.4, -0.2) is 12.6 Å². The van der Waals surface area contributed by atoms with Crippen LogP contribution in [0.1, 0.15) is 57.1 Å². The lowest BCUT2D eigenvalue weighted by Gasteiger charge is -2.45. The minimum absolute atomic E-state index is 0.101. The Kier molecular flexibility index (Phi) is 4.37. The van der Waals surface area contributed by atoms with E-state index in [2.05, 4.69) is 39.0 Å². The monoisotopic (exact) mass is 336 g/mol. The second kappa shape index (κ2) is 6.07. The molecule has 1 aromatic rings. The van der Waals surface area contributed by atoms with Crippen LogP contribution in [0.2, 0.25) is 0 Å². The van der Waals surface area contributed by atoms with E-state index >= 15 is 0 Å². The van der Waals surface area contributed by atoms with Crippen LogP contribution >= 0.6 is 15.9 Å². The first kappa shape index (κ1) is 14.4. The average Bonchev–Trinajstić information content (AvgIpc) is 2.46. The first-order valence-electron chi connectivity index (χ1n) is 7.98. The number of hydrogen-bond acceptors (Lipinski definition) is 2. The molecule has 3 atom stereocenters. The molecule has 1 saturated carbocycles. The Bertz CT molecular complexity index is 470. The number of anilines is 1. The number of piperidine rings is 1. The fourth-order valence-electron chi connectivity index (χ4n) is 3.96. The van der Waals surface area contributed by atoms with Crippen molar-refractivity contribution in [3.05, 3.63) is 28.2 Å². The van der Waals surface area contributed by atoms with Gasteiger partial charge in [0, 0.05) is 23.1 Å². The molecule has 3 heteroatoms. The normalized spacial score (nSPS) is 28.1. The molecule has 1 aromatic carbocycles. The van der Waals surface area contributed by atoms with Crippen LogP contribution in [0.3, 0.4) is 0 Å². The van der Waals surface area contributed by atoms with Gasteiger partial charge in [0.2, 0.25) is 0 Å². The second-order valence-electron chi connectivity index (χ2n) is 6.45. The Morgan fingerprint density at radius 2 is 1.95 bits per heavy atom. The summed E-state index contributed by atoms with van der Waals surface area (Å²) in [6.07, 6.45) is 8.38. The Morgan fingerprint density at radius 1 is 1.20 bits per heavy atom. The minimum atomic E-state index is 0.101. The largest absolute Gasteiger partial charge is 0.367 e. The molecule has 2 fully saturated rings. The molecule has 0 aromatic heterocycles. The quantitative estimate of drug-likeness (QED) is 0.853. The lowest BCUT2D eigenvalue weighted by atomic mass is 9.78. The molecule has 2 N–H and O–H groups in total. The molecular weight excluding hydrogens is 312 g/mol. The highest BCUT2D eigenvalue weighted by Crippen LogP contribution is 2.40. The van der Waals surface area contributed by atoms with Crippen molar-refractivity contribution in [2.24, 2.45) is 11.7 Å². The summed E-state index contributed by atoms with van der Waals surface area (Å²) in [7, 11) is 0. The molecule has 2 nitrogen and oxygen atoms in total. The van der Waals surface area contributed by atoms with E-state index in [1.54, 1.807) is 0 Å². The van der Waals surface area contributed by atoms with Crippen LogP contribution in [0.5, 0.6) is 0 Å². The SMILES string of the molecule is CC(N)c1ccc(N2CCC[C@H]3CCCC[C@H]32)c(Br)c1. The van der Waals surface area contributed by atoms with Gasteiger partial charge in [-0.05, 0) is 72.2 Å². The van der Waals surface area contributed by atoms with Crippen molar-refractivity contribution >= 4 is 21.6 Å². The van der Waals surface area contributed by atoms with Gasteiger partial charge in [0.15, 0.2) is 0 Å². The van der Waals surface area contributed by atoms with Crippen molar-refractivity contribution in [2.45, 2.75) is 57.5 Å². The van der Waals surface area contributed by atoms with Crippen LogP contribution in [0.15, 0.2) is 22.7 Å². The second-order valence-corrected chi connectivity index (χ2v) is 7.30. The summed E-state index contributed by atoms with van der Waals surface area (Å²) in [4.78, 5) is 2.66. The van der Waals surface area contributed by atoms with Crippen molar-refractivity contribution in [2.75, 3.05) is 11.4 Å². The maximum absolute atomic E-state index is 5.98. The van der Waals surface area contributed by atoms with Crippen molar-refractivity contribution in [1.82, 2.24) is 0 Å². The topological polar surface area (TPSA) is 29.3 Å². The van der Waals surface area contributed by atoms with Crippen LogP contribution < -0.4 is 10.6 Å². The van der Waals surface area contributed by atoms with E-state index < -0.39 is 0 Å². The smallest absolute Gasteiger partial charge is 0.0513 e. The standard InChI is InChI=1S/C17H25BrN2/c1-12(19)14-8-9-17(15(18)11-14)20-10-4-6-13-5-2-3-7-16(13)20/h8-9,11-13,16H,2-7,10,19H2,1H3/t12?,13-,16-/m1/s1. The van der Waals surface area contributed by atoms with Gasteiger partial charge in [-0.15, -0.1) is 0 Å². The van der Waals surface area contributed by atoms with E-state index in [-0.39, 0.29) is 6.04 Å². The Labute approximate surface area is 130 Å². The molecule has 0 bridgehead atoms. The molecule has 3 rings (SSSR count). The average molecular weight is 337 g/mol. The van der Waals surface area contributed by atoms with Gasteiger partial charge in [0.25, 0.3) is 0 Å². The minimum Gasteiger partial charge on any atom is -0.367 e. The third-order valence-electron chi connectivity index (χ3n) is 5.05. The Balaban J connectivity index is 1.87. The zero-order chi connectivity index (χ0) is 14.1. The summed E-state index contributed by atoms with van der Waals surface area (Å²) in [5, 5.41) is 0. The molecule has 1 saturated heterocycles. The van der Waals surface area contributed by atoms with Gasteiger partial charge in [0.05, 0.1) is 5.69 Å². The number of nitrogens with zero attached hydrogens (tertiary/aromatic N) is 1. The number of nitrogens with two attached hydrogens (primary N) is 1. The van der Waals surface area contributed by atoms with Gasteiger partial charge >= 0.3 is 0 Å². The maximum atomic E-state index is 5.98. The van der Waals surface area contributed by atoms with Crippen LogP contribution in [0.4, 0.5) is 5.69 Å². The molecule has 20 heavy (non-hydrogen) atoms. The molecule has 2 aliphatic rings. The predicted octanol–water partition coefficient (Wildman–Crippen LogP) is 4.63. The third kappa shape index (κ3) is 2.75. The summed E-state index contributed by atoms with van der Waals surface area (Å²) in [6.45, 7) is 3.25. The number of hydrogen-bond donors (Lipinski definition) is 1. The molecule has 0 radical (unpaired) electrons. The highest BCUT2D eigenvalue weighted by atomic mass is 79.9. The number of rotatable bonds is 2. The zero-order valence-electron chi connectivity index (χ0n) is 12.3. The van der Waals surface area contributed by atoms with Crippen LogP contribution in [-0.2, 0) is 0 Å². The van der Waals surface area contributed by atoms with E-state index in [0.29, 0.717) is 0 Å². The molecule has 1 heterocycles. The summed E-state index contributed by atoms with van der Waals surface area (Å²) < 4.78 is 1.21. The fraction of sp³-hybridized carbons (Fsp3) is 0.647. The van der Waals surface area contributed by atoms with Crippen LogP contribution in [0.25, 0.3) is 0 Å². The first-order valence-corrected chi connectivity index (χ1v) is 8.78. The fourth-order valence-corrected chi connectivity index (χ4v) is 4.59. The Morgan fingerprint density at radius 3 is 2.70 bits per heavy atom. The predicted molar refractivity (Wildman–Crippen MR) is 89.1 cm³/mol. The molecular formula is C17H25BrN2. The summed E-state index contributed by atoms with van der Waals surface area (Å²) in [5.74, 6) is 0.914. The van der Waals surface area contributed by atoms with Gasteiger partial charge in [-0.25, -0.2) is 0 Å². The highest BCUT2D eigenvalue weighted by molar-refractivity contribution is 9.10. The van der Waals surface area contributed by atoms with E-state index in [1.807, 2.05) is 6.92 Å². The number of fused-ring (bicyclic) bond motifs is 1. The molecule has 0 spiro atoms. The van der Waals surface area contributed by atoms with Gasteiger partial charge in [-0.2, -0.15) is 0 Å². The van der Waals surface area contributed by atoms with Crippen molar-refractivity contribution in [1.29, 1.82) is 0 Å². The summed E-state index contributed by atoms with van der Waals surface area (Å²) in [5.41, 5.74) is 8.56. The number of benzene rings is 1. The van der Waals surface area contributed by atoms with E-state index in [4.69, 9.17) is 5.73 Å². The van der Waals surface area contributed by atoms with Crippen LogP contribution in [0, 0.1) is 5.92 Å². The molecule has 1 aliphatic carbocycles. The Hall–Kier alpha value is -0.540. The van der Waals surface area contributed by atoms with E-state index in [0.717, 1.165) is 12.0 Å². The first-order chi connectivity index (χ1) is 9.66.